The average Bonchev–Trinajstić information content (AvgIpc) is 2.42. The minimum Gasteiger partial charge on any atom is -0.444 e. The van der Waals surface area contributed by atoms with Crippen LogP contribution in [-0.2, 0) is 4.74 Å². The van der Waals surface area contributed by atoms with Crippen LogP contribution in [0.2, 0.25) is 0 Å². The smallest absolute Gasteiger partial charge is 0.407 e. The molecule has 0 aromatic carbocycles. The Hall–Kier alpha value is -0.420. The first-order valence-electron chi connectivity index (χ1n) is 8.53. The number of hydrogen-bond donors (Lipinski definition) is 2. The molecule has 0 heterocycles. The highest BCUT2D eigenvalue weighted by molar-refractivity contribution is 7.98. The second-order valence-electron chi connectivity index (χ2n) is 7.38. The van der Waals surface area contributed by atoms with Crippen LogP contribution in [0, 0.1) is 5.92 Å². The van der Waals surface area contributed by atoms with Gasteiger partial charge in [0.25, 0.3) is 0 Å². The van der Waals surface area contributed by atoms with Crippen LogP contribution in [0.25, 0.3) is 0 Å². The van der Waals surface area contributed by atoms with Gasteiger partial charge < -0.3 is 15.4 Å². The van der Waals surface area contributed by atoms with Gasteiger partial charge in [0, 0.05) is 18.6 Å². The molecule has 130 valence electrons. The van der Waals surface area contributed by atoms with E-state index in [4.69, 9.17) is 4.74 Å². The van der Waals surface area contributed by atoms with Crippen LogP contribution in [0.3, 0.4) is 0 Å². The first kappa shape index (κ1) is 19.6. The van der Waals surface area contributed by atoms with Crippen molar-refractivity contribution in [2.24, 2.45) is 5.92 Å². The summed E-state index contributed by atoms with van der Waals surface area (Å²) in [6, 6.07) is 1.06. The van der Waals surface area contributed by atoms with Gasteiger partial charge in [-0.05, 0) is 64.9 Å². The van der Waals surface area contributed by atoms with Crippen LogP contribution in [-0.4, -0.2) is 42.3 Å². The minimum atomic E-state index is -0.430. The number of amides is 1. The molecular weight excluding hydrogens is 296 g/mol. The van der Waals surface area contributed by atoms with Gasteiger partial charge in [-0.15, -0.1) is 0 Å². The van der Waals surface area contributed by atoms with Crippen molar-refractivity contribution in [3.05, 3.63) is 0 Å². The summed E-state index contributed by atoms with van der Waals surface area (Å²) in [5.74, 6) is 1.71. The van der Waals surface area contributed by atoms with Gasteiger partial charge in [-0.25, -0.2) is 4.79 Å². The molecule has 0 bridgehead atoms. The summed E-state index contributed by atoms with van der Waals surface area (Å²) >= 11 is 1.90. The molecule has 3 atom stereocenters. The summed E-state index contributed by atoms with van der Waals surface area (Å²) in [6.07, 6.45) is 8.00. The van der Waals surface area contributed by atoms with Gasteiger partial charge in [-0.2, -0.15) is 11.8 Å². The van der Waals surface area contributed by atoms with Crippen molar-refractivity contribution in [2.75, 3.05) is 18.6 Å². The summed E-state index contributed by atoms with van der Waals surface area (Å²) in [5, 5.41) is 6.72. The van der Waals surface area contributed by atoms with E-state index in [0.717, 1.165) is 0 Å². The lowest BCUT2D eigenvalue weighted by Gasteiger charge is -2.34. The van der Waals surface area contributed by atoms with Crippen molar-refractivity contribution >= 4 is 17.9 Å². The Morgan fingerprint density at radius 2 is 2.00 bits per heavy atom. The lowest BCUT2D eigenvalue weighted by molar-refractivity contribution is 0.0510. The second-order valence-corrected chi connectivity index (χ2v) is 8.37. The molecular formula is C17H34N2O2S. The zero-order valence-electron chi connectivity index (χ0n) is 14.9. The van der Waals surface area contributed by atoms with Crippen LogP contribution in [0.15, 0.2) is 0 Å². The Morgan fingerprint density at radius 3 is 2.64 bits per heavy atom. The Labute approximate surface area is 140 Å². The predicted octanol–water partition coefficient (Wildman–Crippen LogP) is 3.80. The van der Waals surface area contributed by atoms with Crippen molar-refractivity contribution in [3.8, 4) is 0 Å². The maximum atomic E-state index is 11.8. The number of thioether (sulfide) groups is 1. The van der Waals surface area contributed by atoms with Crippen LogP contribution in [0.4, 0.5) is 4.79 Å². The number of alkyl carbamates (subject to hydrolysis) is 1. The molecule has 1 amide bonds. The molecule has 0 spiro atoms. The van der Waals surface area contributed by atoms with Gasteiger partial charge in [0.15, 0.2) is 0 Å². The molecule has 0 radical (unpaired) electrons. The standard InChI is InChI=1S/C17H34N2O2S/c1-13(10-11-22-5)19-15-9-7-6-8-14(15)12-18-16(20)21-17(2,3)4/h13-15,19H,6-12H2,1-5H3,(H,18,20). The van der Waals surface area contributed by atoms with Gasteiger partial charge in [0.1, 0.15) is 5.60 Å². The third-order valence-corrected chi connectivity index (χ3v) is 4.71. The molecule has 1 aliphatic carbocycles. The zero-order valence-corrected chi connectivity index (χ0v) is 15.7. The highest BCUT2D eigenvalue weighted by Gasteiger charge is 2.27. The van der Waals surface area contributed by atoms with E-state index in [1.807, 2.05) is 32.5 Å². The normalized spacial score (nSPS) is 23.9. The third kappa shape index (κ3) is 8.28. The molecule has 0 aliphatic heterocycles. The van der Waals surface area contributed by atoms with E-state index in [1.165, 1.54) is 37.9 Å². The number of rotatable bonds is 7. The maximum Gasteiger partial charge on any atom is 0.407 e. The van der Waals surface area contributed by atoms with E-state index in [1.54, 1.807) is 0 Å². The number of ether oxygens (including phenoxy) is 1. The molecule has 0 saturated heterocycles. The predicted molar refractivity (Wildman–Crippen MR) is 95.6 cm³/mol. The topological polar surface area (TPSA) is 50.4 Å². The fraction of sp³-hybridized carbons (Fsp3) is 0.941. The first-order chi connectivity index (χ1) is 10.3. The first-order valence-corrected chi connectivity index (χ1v) is 9.93. The van der Waals surface area contributed by atoms with Gasteiger partial charge in [-0.1, -0.05) is 12.8 Å². The van der Waals surface area contributed by atoms with E-state index in [0.29, 0.717) is 24.5 Å². The molecule has 3 unspecified atom stereocenters. The molecule has 1 rings (SSSR count). The van der Waals surface area contributed by atoms with Crippen LogP contribution >= 0.6 is 11.8 Å². The Kier molecular flexibility index (Phi) is 8.62. The zero-order chi connectivity index (χ0) is 16.6. The van der Waals surface area contributed by atoms with Crippen molar-refractivity contribution in [3.63, 3.8) is 0 Å². The second kappa shape index (κ2) is 9.66. The molecule has 1 fully saturated rings. The van der Waals surface area contributed by atoms with Crippen LogP contribution < -0.4 is 10.6 Å². The van der Waals surface area contributed by atoms with Crippen molar-refractivity contribution in [1.29, 1.82) is 0 Å². The SMILES string of the molecule is CSCCC(C)NC1CCCCC1CNC(=O)OC(C)(C)C. The molecule has 2 N–H and O–H groups in total. The van der Waals surface area contributed by atoms with Crippen molar-refractivity contribution < 1.29 is 9.53 Å². The van der Waals surface area contributed by atoms with Gasteiger partial charge >= 0.3 is 6.09 Å². The van der Waals surface area contributed by atoms with Gasteiger partial charge in [-0.3, -0.25) is 0 Å². The average molecular weight is 331 g/mol. The highest BCUT2D eigenvalue weighted by Crippen LogP contribution is 2.25. The summed E-state index contributed by atoms with van der Waals surface area (Å²) in [7, 11) is 0. The molecule has 1 aliphatic rings. The van der Waals surface area contributed by atoms with E-state index in [2.05, 4.69) is 23.8 Å². The Morgan fingerprint density at radius 1 is 1.32 bits per heavy atom. The quantitative estimate of drug-likeness (QED) is 0.745. The van der Waals surface area contributed by atoms with Crippen molar-refractivity contribution in [2.45, 2.75) is 77.5 Å². The molecule has 0 aromatic heterocycles. The summed E-state index contributed by atoms with van der Waals surface area (Å²) in [5.41, 5.74) is -0.430. The van der Waals surface area contributed by atoms with E-state index in [9.17, 15) is 4.79 Å². The molecule has 22 heavy (non-hydrogen) atoms. The van der Waals surface area contributed by atoms with Gasteiger partial charge in [0.05, 0.1) is 0 Å². The summed E-state index contributed by atoms with van der Waals surface area (Å²) in [6.45, 7) is 8.66. The fourth-order valence-electron chi connectivity index (χ4n) is 2.94. The number of hydrogen-bond acceptors (Lipinski definition) is 4. The summed E-state index contributed by atoms with van der Waals surface area (Å²) < 4.78 is 5.33. The van der Waals surface area contributed by atoms with Crippen LogP contribution in [0.5, 0.6) is 0 Å². The Balaban J connectivity index is 2.39. The van der Waals surface area contributed by atoms with E-state index in [-0.39, 0.29) is 6.09 Å². The number of carbonyl (C=O) groups is 1. The molecule has 4 nitrogen and oxygen atoms in total. The Bertz CT molecular complexity index is 331. The largest absolute Gasteiger partial charge is 0.444 e. The lowest BCUT2D eigenvalue weighted by Crippen LogP contribution is -2.47. The molecule has 0 aromatic rings. The number of carbonyl (C=O) groups excluding carboxylic acids is 1. The summed E-state index contributed by atoms with van der Waals surface area (Å²) in [4.78, 5) is 11.8. The third-order valence-electron chi connectivity index (χ3n) is 4.07. The number of nitrogens with one attached hydrogen (secondary N) is 2. The maximum absolute atomic E-state index is 11.8. The van der Waals surface area contributed by atoms with E-state index < -0.39 is 5.60 Å². The molecule has 5 heteroatoms. The molecule has 1 saturated carbocycles. The van der Waals surface area contributed by atoms with Crippen molar-refractivity contribution in [1.82, 2.24) is 10.6 Å². The van der Waals surface area contributed by atoms with Crippen LogP contribution in [0.1, 0.15) is 59.8 Å². The monoisotopic (exact) mass is 330 g/mol. The highest BCUT2D eigenvalue weighted by atomic mass is 32.2. The van der Waals surface area contributed by atoms with E-state index >= 15 is 0 Å². The lowest BCUT2D eigenvalue weighted by atomic mass is 9.84. The minimum absolute atomic E-state index is 0.299. The van der Waals surface area contributed by atoms with Gasteiger partial charge in [0.2, 0.25) is 0 Å². The fourth-order valence-corrected chi connectivity index (χ4v) is 3.53.